The van der Waals surface area contributed by atoms with Crippen LogP contribution in [-0.2, 0) is 14.4 Å². The summed E-state index contributed by atoms with van der Waals surface area (Å²) in [5, 5.41) is 12.7. The van der Waals surface area contributed by atoms with Crippen molar-refractivity contribution in [1.29, 1.82) is 0 Å². The number of rotatable bonds is 43. The number of nitrogens with one attached hydrogen (secondary N) is 4. The molecule has 0 spiro atoms. The molecule has 8 heteroatoms. The van der Waals surface area contributed by atoms with E-state index in [1.165, 1.54) is 154 Å². The molecule has 0 saturated heterocycles. The molecule has 8 nitrogen and oxygen atoms in total. The maximum atomic E-state index is 12.6. The summed E-state index contributed by atoms with van der Waals surface area (Å²) in [5.74, 6) is 0.340. The van der Waals surface area contributed by atoms with E-state index in [1.54, 1.807) is 0 Å². The second kappa shape index (κ2) is 43.1. The van der Waals surface area contributed by atoms with Crippen LogP contribution in [0.1, 0.15) is 220 Å². The lowest BCUT2D eigenvalue weighted by Crippen LogP contribution is -2.36. The van der Waals surface area contributed by atoms with Crippen molar-refractivity contribution in [2.75, 3.05) is 52.4 Å². The highest BCUT2D eigenvalue weighted by Gasteiger charge is 2.11. The minimum absolute atomic E-state index is 0.107. The van der Waals surface area contributed by atoms with Crippen LogP contribution in [0.25, 0.3) is 0 Å². The molecule has 0 heterocycles. The minimum atomic E-state index is 0.107. The van der Waals surface area contributed by atoms with Crippen molar-refractivity contribution in [3.8, 4) is 0 Å². The van der Waals surface area contributed by atoms with Crippen molar-refractivity contribution >= 4 is 17.7 Å². The number of carbonyl (C=O) groups is 3. The lowest BCUT2D eigenvalue weighted by Gasteiger charge is -2.22. The predicted molar refractivity (Wildman–Crippen MR) is 228 cm³/mol. The number of nitrogens with zero attached hydrogens (tertiary/aromatic N) is 1. The molecule has 0 saturated carbocycles. The van der Waals surface area contributed by atoms with Gasteiger partial charge >= 0.3 is 0 Å². The maximum absolute atomic E-state index is 12.6. The van der Waals surface area contributed by atoms with Crippen LogP contribution in [0.5, 0.6) is 0 Å². The van der Waals surface area contributed by atoms with Crippen molar-refractivity contribution in [2.45, 2.75) is 220 Å². The quantitative estimate of drug-likeness (QED) is 0.0465. The Kier molecular flexibility index (Phi) is 41.7. The summed E-state index contributed by atoms with van der Waals surface area (Å²) < 4.78 is 0. The Labute approximate surface area is 329 Å². The molecule has 0 aliphatic carbocycles. The molecule has 0 aromatic heterocycles. The molecule has 314 valence electrons. The molecule has 4 N–H and O–H groups in total. The number of hydrogen-bond donors (Lipinski definition) is 4. The molecule has 0 atom stereocenters. The lowest BCUT2D eigenvalue weighted by atomic mass is 10.1. The largest absolute Gasteiger partial charge is 0.356 e. The van der Waals surface area contributed by atoms with Gasteiger partial charge in [-0.15, -0.1) is 0 Å². The molecular formula is C45H91N5O3. The van der Waals surface area contributed by atoms with E-state index < -0.39 is 0 Å². The van der Waals surface area contributed by atoms with Gasteiger partial charge in [0.15, 0.2) is 0 Å². The fourth-order valence-electron chi connectivity index (χ4n) is 6.86. The van der Waals surface area contributed by atoms with Gasteiger partial charge in [-0.3, -0.25) is 14.4 Å². The van der Waals surface area contributed by atoms with Crippen LogP contribution in [0.2, 0.25) is 0 Å². The Morgan fingerprint density at radius 3 is 0.962 bits per heavy atom. The summed E-state index contributed by atoms with van der Waals surface area (Å²) >= 11 is 0. The Hall–Kier alpha value is -1.67. The fourth-order valence-corrected chi connectivity index (χ4v) is 6.86. The molecule has 0 fully saturated rings. The van der Waals surface area contributed by atoms with Crippen molar-refractivity contribution in [1.82, 2.24) is 26.2 Å². The summed E-state index contributed by atoms with van der Waals surface area (Å²) in [7, 11) is 0. The third-order valence-corrected chi connectivity index (χ3v) is 10.5. The average Bonchev–Trinajstić information content (AvgIpc) is 3.16. The first-order chi connectivity index (χ1) is 26.0. The van der Waals surface area contributed by atoms with E-state index in [2.05, 4.69) is 46.9 Å². The standard InChI is InChI=1S/C45H91N5O3/c1-4-7-10-13-16-19-22-25-28-36-47-43(51)32-39-46-35-31-40-50(41-33-44(52)48-37-29-26-23-20-17-14-11-8-5-2)42-34-45(53)49-38-30-27-24-21-18-15-12-9-6-3/h46H,4-42H2,1-3H3,(H,47,51)(H,48,52)(H,49,53). The van der Waals surface area contributed by atoms with Gasteiger partial charge in [-0.2, -0.15) is 0 Å². The third kappa shape index (κ3) is 41.3. The molecule has 0 aliphatic heterocycles. The molecule has 3 amide bonds. The van der Waals surface area contributed by atoms with Gasteiger partial charge in [0.1, 0.15) is 0 Å². The van der Waals surface area contributed by atoms with E-state index in [9.17, 15) is 14.4 Å². The Morgan fingerprint density at radius 1 is 0.321 bits per heavy atom. The van der Waals surface area contributed by atoms with Gasteiger partial charge in [-0.1, -0.05) is 175 Å². The highest BCUT2D eigenvalue weighted by Crippen LogP contribution is 2.11. The first-order valence-corrected chi connectivity index (χ1v) is 23.3. The van der Waals surface area contributed by atoms with Crippen molar-refractivity contribution in [3.05, 3.63) is 0 Å². The molecule has 0 aromatic carbocycles. The van der Waals surface area contributed by atoms with Crippen LogP contribution < -0.4 is 21.3 Å². The Bertz CT molecular complexity index is 756. The monoisotopic (exact) mass is 750 g/mol. The van der Waals surface area contributed by atoms with Crippen LogP contribution in [0, 0.1) is 0 Å². The molecule has 0 bridgehead atoms. The smallest absolute Gasteiger partial charge is 0.221 e. The molecule has 53 heavy (non-hydrogen) atoms. The van der Waals surface area contributed by atoms with E-state index in [0.717, 1.165) is 58.4 Å². The summed E-state index contributed by atoms with van der Waals surface area (Å²) in [6, 6.07) is 0. The molecule has 0 aromatic rings. The van der Waals surface area contributed by atoms with Crippen LogP contribution >= 0.6 is 0 Å². The zero-order valence-electron chi connectivity index (χ0n) is 35.7. The predicted octanol–water partition coefficient (Wildman–Crippen LogP) is 10.4. The first-order valence-electron chi connectivity index (χ1n) is 23.3. The van der Waals surface area contributed by atoms with E-state index in [-0.39, 0.29) is 17.7 Å². The highest BCUT2D eigenvalue weighted by molar-refractivity contribution is 5.77. The van der Waals surface area contributed by atoms with E-state index in [4.69, 9.17) is 0 Å². The van der Waals surface area contributed by atoms with Crippen LogP contribution in [-0.4, -0.2) is 75.0 Å². The molecule has 0 aliphatic rings. The zero-order valence-corrected chi connectivity index (χ0v) is 35.7. The number of carbonyl (C=O) groups excluding carboxylic acids is 3. The topological polar surface area (TPSA) is 103 Å². The minimum Gasteiger partial charge on any atom is -0.356 e. The van der Waals surface area contributed by atoms with Crippen LogP contribution in [0.15, 0.2) is 0 Å². The van der Waals surface area contributed by atoms with Gasteiger partial charge in [0.05, 0.1) is 0 Å². The van der Waals surface area contributed by atoms with Gasteiger partial charge < -0.3 is 26.2 Å². The summed E-state index contributed by atoms with van der Waals surface area (Å²) in [6.45, 7) is 12.7. The van der Waals surface area contributed by atoms with Gasteiger partial charge in [-0.05, 0) is 38.8 Å². The van der Waals surface area contributed by atoms with Gasteiger partial charge in [0.25, 0.3) is 0 Å². The van der Waals surface area contributed by atoms with Crippen molar-refractivity contribution < 1.29 is 14.4 Å². The molecule has 0 rings (SSSR count). The van der Waals surface area contributed by atoms with Crippen molar-refractivity contribution in [2.24, 2.45) is 0 Å². The number of unbranched alkanes of at least 4 members (excludes halogenated alkanes) is 24. The van der Waals surface area contributed by atoms with Crippen LogP contribution in [0.4, 0.5) is 0 Å². The van der Waals surface area contributed by atoms with Gasteiger partial charge in [0.2, 0.25) is 17.7 Å². The van der Waals surface area contributed by atoms with E-state index in [0.29, 0.717) is 38.9 Å². The maximum Gasteiger partial charge on any atom is 0.221 e. The Balaban J connectivity index is 4.25. The summed E-state index contributed by atoms with van der Waals surface area (Å²) in [5.41, 5.74) is 0. The number of hydrogen-bond acceptors (Lipinski definition) is 5. The third-order valence-electron chi connectivity index (χ3n) is 10.5. The normalized spacial score (nSPS) is 11.3. The first kappa shape index (κ1) is 51.3. The zero-order chi connectivity index (χ0) is 38.7. The van der Waals surface area contributed by atoms with Gasteiger partial charge in [0, 0.05) is 58.5 Å². The molecule has 0 radical (unpaired) electrons. The van der Waals surface area contributed by atoms with Crippen molar-refractivity contribution in [3.63, 3.8) is 0 Å². The molecular weight excluding hydrogens is 659 g/mol. The number of amides is 3. The van der Waals surface area contributed by atoms with E-state index in [1.807, 2.05) is 0 Å². The fraction of sp³-hybridized carbons (Fsp3) is 0.933. The second-order valence-electron chi connectivity index (χ2n) is 15.7. The van der Waals surface area contributed by atoms with Crippen LogP contribution in [0.3, 0.4) is 0 Å². The SMILES string of the molecule is CCCCCCCCCCCNC(=O)CCNCCCN(CCC(=O)NCCCCCCCCCCC)CCC(=O)NCCCCCCCCCCC. The highest BCUT2D eigenvalue weighted by atomic mass is 16.2. The summed E-state index contributed by atoms with van der Waals surface area (Å²) in [6.07, 6.45) is 36.9. The average molecular weight is 750 g/mol. The van der Waals surface area contributed by atoms with Gasteiger partial charge in [-0.25, -0.2) is 0 Å². The van der Waals surface area contributed by atoms with E-state index >= 15 is 0 Å². The second-order valence-corrected chi connectivity index (χ2v) is 15.7. The molecule has 0 unspecified atom stereocenters. The Morgan fingerprint density at radius 2 is 0.623 bits per heavy atom. The lowest BCUT2D eigenvalue weighted by molar-refractivity contribution is -0.122. The summed E-state index contributed by atoms with van der Waals surface area (Å²) in [4.78, 5) is 39.8.